The molecule has 0 saturated heterocycles. The maximum absolute atomic E-state index is 12.7. The summed E-state index contributed by atoms with van der Waals surface area (Å²) in [6.45, 7) is 2.31. The molecule has 0 fully saturated rings. The zero-order chi connectivity index (χ0) is 12.2. The SMILES string of the molecule is C#CC(NCC)c1ccccc1C(F)(F)F. The van der Waals surface area contributed by atoms with Crippen LogP contribution in [0.15, 0.2) is 24.3 Å². The summed E-state index contributed by atoms with van der Waals surface area (Å²) in [5.41, 5.74) is -0.585. The fourth-order valence-corrected chi connectivity index (χ4v) is 1.47. The van der Waals surface area contributed by atoms with Gasteiger partial charge in [0.1, 0.15) is 0 Å². The van der Waals surface area contributed by atoms with Gasteiger partial charge in [-0.15, -0.1) is 6.42 Å². The minimum Gasteiger partial charge on any atom is -0.300 e. The monoisotopic (exact) mass is 227 g/mol. The zero-order valence-electron chi connectivity index (χ0n) is 8.81. The number of hydrogen-bond acceptors (Lipinski definition) is 1. The van der Waals surface area contributed by atoms with E-state index in [1.165, 1.54) is 12.1 Å². The highest BCUT2D eigenvalue weighted by molar-refractivity contribution is 5.36. The van der Waals surface area contributed by atoms with Crippen molar-refractivity contribution in [1.29, 1.82) is 0 Å². The van der Waals surface area contributed by atoms with Crippen LogP contribution in [-0.4, -0.2) is 6.54 Å². The van der Waals surface area contributed by atoms with Crippen molar-refractivity contribution in [1.82, 2.24) is 5.32 Å². The van der Waals surface area contributed by atoms with Gasteiger partial charge in [-0.25, -0.2) is 0 Å². The Bertz CT molecular complexity index is 390. The average Bonchev–Trinajstić information content (AvgIpc) is 2.25. The summed E-state index contributed by atoms with van der Waals surface area (Å²) < 4.78 is 38.1. The first-order valence-corrected chi connectivity index (χ1v) is 4.86. The van der Waals surface area contributed by atoms with Crippen LogP contribution in [0.5, 0.6) is 0 Å². The standard InChI is InChI=1S/C12H12F3N/c1-3-11(16-4-2)9-7-5-6-8-10(9)12(13,14)15/h1,5-8,11,16H,4H2,2H3. The molecule has 1 atom stereocenters. The number of hydrogen-bond donors (Lipinski definition) is 1. The molecule has 0 radical (unpaired) electrons. The van der Waals surface area contributed by atoms with Crippen molar-refractivity contribution in [2.24, 2.45) is 0 Å². The molecule has 0 aromatic heterocycles. The summed E-state index contributed by atoms with van der Waals surface area (Å²) >= 11 is 0. The Labute approximate surface area is 92.7 Å². The van der Waals surface area contributed by atoms with Gasteiger partial charge in [0, 0.05) is 0 Å². The van der Waals surface area contributed by atoms with Crippen molar-refractivity contribution >= 4 is 0 Å². The normalized spacial score (nSPS) is 13.2. The molecule has 86 valence electrons. The van der Waals surface area contributed by atoms with Gasteiger partial charge in [0.2, 0.25) is 0 Å². The highest BCUT2D eigenvalue weighted by Gasteiger charge is 2.34. The number of rotatable bonds is 3. The second kappa shape index (κ2) is 5.04. The minimum absolute atomic E-state index is 0.0966. The Kier molecular flexibility index (Phi) is 3.97. The molecule has 1 N–H and O–H groups in total. The molecule has 0 aliphatic rings. The van der Waals surface area contributed by atoms with Crippen molar-refractivity contribution in [2.75, 3.05) is 6.54 Å². The molecule has 0 heterocycles. The molecule has 1 unspecified atom stereocenters. The molecule has 1 nitrogen and oxygen atoms in total. The predicted molar refractivity (Wildman–Crippen MR) is 56.7 cm³/mol. The lowest BCUT2D eigenvalue weighted by molar-refractivity contribution is -0.138. The van der Waals surface area contributed by atoms with E-state index in [1.54, 1.807) is 13.0 Å². The molecule has 0 spiro atoms. The van der Waals surface area contributed by atoms with Crippen molar-refractivity contribution in [3.63, 3.8) is 0 Å². The van der Waals surface area contributed by atoms with Gasteiger partial charge in [-0.1, -0.05) is 31.0 Å². The van der Waals surface area contributed by atoms with Crippen LogP contribution in [0.4, 0.5) is 13.2 Å². The number of nitrogens with one attached hydrogen (secondary N) is 1. The van der Waals surface area contributed by atoms with E-state index in [9.17, 15) is 13.2 Å². The van der Waals surface area contributed by atoms with Gasteiger partial charge in [0.25, 0.3) is 0 Å². The molecule has 1 aromatic rings. The van der Waals surface area contributed by atoms with Gasteiger partial charge < -0.3 is 5.32 Å². The highest BCUT2D eigenvalue weighted by atomic mass is 19.4. The fraction of sp³-hybridized carbons (Fsp3) is 0.333. The van der Waals surface area contributed by atoms with Crippen LogP contribution in [0, 0.1) is 12.3 Å². The summed E-state index contributed by atoms with van der Waals surface area (Å²) in [5, 5.41) is 2.82. The van der Waals surface area contributed by atoms with E-state index in [4.69, 9.17) is 6.42 Å². The molecule has 1 aromatic carbocycles. The molecular weight excluding hydrogens is 215 g/mol. The maximum atomic E-state index is 12.7. The van der Waals surface area contributed by atoms with Gasteiger partial charge in [-0.2, -0.15) is 13.2 Å². The van der Waals surface area contributed by atoms with Crippen LogP contribution in [0.3, 0.4) is 0 Å². The first-order valence-electron chi connectivity index (χ1n) is 4.86. The summed E-state index contributed by atoms with van der Waals surface area (Å²) in [4.78, 5) is 0. The average molecular weight is 227 g/mol. The first-order chi connectivity index (χ1) is 7.50. The Morgan fingerprint density at radius 1 is 1.38 bits per heavy atom. The van der Waals surface area contributed by atoms with Crippen molar-refractivity contribution < 1.29 is 13.2 Å². The fourth-order valence-electron chi connectivity index (χ4n) is 1.47. The lowest BCUT2D eigenvalue weighted by Crippen LogP contribution is -2.22. The Balaban J connectivity index is 3.18. The molecule has 0 bridgehead atoms. The smallest absolute Gasteiger partial charge is 0.300 e. The molecule has 1 rings (SSSR count). The summed E-state index contributed by atoms with van der Waals surface area (Å²) in [7, 11) is 0. The van der Waals surface area contributed by atoms with E-state index in [-0.39, 0.29) is 5.56 Å². The lowest BCUT2D eigenvalue weighted by atomic mass is 10.0. The third-order valence-electron chi connectivity index (χ3n) is 2.15. The molecular formula is C12H12F3N. The van der Waals surface area contributed by atoms with Gasteiger partial charge in [0.05, 0.1) is 11.6 Å². The molecule has 4 heteroatoms. The number of terminal acetylenes is 1. The van der Waals surface area contributed by atoms with Gasteiger partial charge in [-0.05, 0) is 18.2 Å². The zero-order valence-corrected chi connectivity index (χ0v) is 8.81. The van der Waals surface area contributed by atoms with Crippen molar-refractivity contribution in [2.45, 2.75) is 19.1 Å². The number of halogens is 3. The van der Waals surface area contributed by atoms with E-state index < -0.39 is 17.8 Å². The molecule has 0 amide bonds. The topological polar surface area (TPSA) is 12.0 Å². The lowest BCUT2D eigenvalue weighted by Gasteiger charge is -2.17. The largest absolute Gasteiger partial charge is 0.416 e. The number of alkyl halides is 3. The first kappa shape index (κ1) is 12.6. The summed E-state index contributed by atoms with van der Waals surface area (Å²) in [6.07, 6.45) is 0.849. The van der Waals surface area contributed by atoms with Crippen LogP contribution < -0.4 is 5.32 Å². The quantitative estimate of drug-likeness (QED) is 0.783. The number of benzene rings is 1. The maximum Gasteiger partial charge on any atom is 0.416 e. The van der Waals surface area contributed by atoms with Gasteiger partial charge in [0.15, 0.2) is 0 Å². The van der Waals surface area contributed by atoms with E-state index in [2.05, 4.69) is 11.2 Å². The molecule has 0 saturated carbocycles. The van der Waals surface area contributed by atoms with Crippen LogP contribution in [0.25, 0.3) is 0 Å². The van der Waals surface area contributed by atoms with Gasteiger partial charge in [-0.3, -0.25) is 0 Å². The third-order valence-corrected chi connectivity index (χ3v) is 2.15. The minimum atomic E-state index is -4.37. The Morgan fingerprint density at radius 2 is 2.00 bits per heavy atom. The second-order valence-electron chi connectivity index (χ2n) is 3.24. The molecule has 16 heavy (non-hydrogen) atoms. The third kappa shape index (κ3) is 2.77. The van der Waals surface area contributed by atoms with E-state index >= 15 is 0 Å². The van der Waals surface area contributed by atoms with E-state index in [0.29, 0.717) is 6.54 Å². The Morgan fingerprint density at radius 3 is 2.50 bits per heavy atom. The Hall–Kier alpha value is -1.47. The summed E-state index contributed by atoms with van der Waals surface area (Å²) in [5.74, 6) is 2.32. The second-order valence-corrected chi connectivity index (χ2v) is 3.24. The van der Waals surface area contributed by atoms with Crippen LogP contribution in [0.1, 0.15) is 24.1 Å². The highest BCUT2D eigenvalue weighted by Crippen LogP contribution is 2.34. The van der Waals surface area contributed by atoms with Crippen LogP contribution >= 0.6 is 0 Å². The predicted octanol–water partition coefficient (Wildman–Crippen LogP) is 2.99. The molecule has 0 aliphatic heterocycles. The van der Waals surface area contributed by atoms with Crippen LogP contribution in [-0.2, 0) is 6.18 Å². The van der Waals surface area contributed by atoms with Crippen molar-refractivity contribution in [3.05, 3.63) is 35.4 Å². The van der Waals surface area contributed by atoms with E-state index in [1.807, 2.05) is 0 Å². The van der Waals surface area contributed by atoms with E-state index in [0.717, 1.165) is 6.07 Å². The van der Waals surface area contributed by atoms with Gasteiger partial charge >= 0.3 is 6.18 Å². The molecule has 0 aliphatic carbocycles. The van der Waals surface area contributed by atoms with Crippen molar-refractivity contribution in [3.8, 4) is 12.3 Å². The summed E-state index contributed by atoms with van der Waals surface area (Å²) in [6, 6.07) is 4.63. The van der Waals surface area contributed by atoms with Crippen LogP contribution in [0.2, 0.25) is 0 Å².